The zero-order chi connectivity index (χ0) is 22.9. The van der Waals surface area contributed by atoms with E-state index in [-0.39, 0.29) is 12.5 Å². The van der Waals surface area contributed by atoms with Crippen LogP contribution < -0.4 is 0 Å². The molecule has 168 valence electrons. The molecular formula is C25H22N2O5S. The largest absolute Gasteiger partial charge is 0.467 e. The molecule has 2 aliphatic rings. The van der Waals surface area contributed by atoms with Crippen LogP contribution in [0.15, 0.2) is 78.2 Å². The van der Waals surface area contributed by atoms with Crippen LogP contribution in [-0.2, 0) is 19.1 Å². The molecule has 0 N–H and O–H groups in total. The highest BCUT2D eigenvalue weighted by molar-refractivity contribution is 7.10. The van der Waals surface area contributed by atoms with Crippen LogP contribution in [0, 0.1) is 0 Å². The number of amides is 2. The maximum Gasteiger partial charge on any atom is 0.411 e. The SMILES string of the molecule is COC(=O)C(c1cccs1)N1CC(N2C(=O)OC(c3ccccc3)C2c2ccccc2)C1=O. The van der Waals surface area contributed by atoms with Gasteiger partial charge in [0.1, 0.15) is 12.1 Å². The van der Waals surface area contributed by atoms with E-state index in [2.05, 4.69) is 0 Å². The van der Waals surface area contributed by atoms with Gasteiger partial charge in [-0.1, -0.05) is 66.7 Å². The molecule has 2 amide bonds. The second kappa shape index (κ2) is 8.71. The lowest BCUT2D eigenvalue weighted by atomic mass is 9.92. The lowest BCUT2D eigenvalue weighted by Crippen LogP contribution is -2.65. The van der Waals surface area contributed by atoms with Crippen molar-refractivity contribution in [2.75, 3.05) is 13.7 Å². The van der Waals surface area contributed by atoms with Crippen LogP contribution in [0.4, 0.5) is 4.79 Å². The smallest absolute Gasteiger partial charge is 0.411 e. The van der Waals surface area contributed by atoms with Gasteiger partial charge in [-0.2, -0.15) is 0 Å². The third-order valence-electron chi connectivity index (χ3n) is 6.12. The molecule has 0 saturated carbocycles. The Hall–Kier alpha value is -3.65. The highest BCUT2D eigenvalue weighted by Crippen LogP contribution is 2.46. The lowest BCUT2D eigenvalue weighted by Gasteiger charge is -2.46. The number of β-lactam (4-membered cyclic amide) rings is 1. The van der Waals surface area contributed by atoms with Crippen molar-refractivity contribution in [3.8, 4) is 0 Å². The van der Waals surface area contributed by atoms with Gasteiger partial charge in [0.25, 0.3) is 0 Å². The third kappa shape index (κ3) is 3.66. The number of ether oxygens (including phenoxy) is 2. The van der Waals surface area contributed by atoms with Crippen LogP contribution in [-0.4, -0.2) is 47.5 Å². The Morgan fingerprint density at radius 2 is 1.67 bits per heavy atom. The highest BCUT2D eigenvalue weighted by atomic mass is 32.1. The van der Waals surface area contributed by atoms with Crippen molar-refractivity contribution in [2.45, 2.75) is 24.2 Å². The minimum Gasteiger partial charge on any atom is -0.467 e. The monoisotopic (exact) mass is 462 g/mol. The molecule has 8 heteroatoms. The number of benzene rings is 2. The van der Waals surface area contributed by atoms with Gasteiger partial charge in [-0.15, -0.1) is 11.3 Å². The molecule has 2 aromatic carbocycles. The Bertz CT molecular complexity index is 1150. The molecule has 7 nitrogen and oxygen atoms in total. The maximum absolute atomic E-state index is 13.3. The average Bonchev–Trinajstić information content (AvgIpc) is 3.50. The summed E-state index contributed by atoms with van der Waals surface area (Å²) in [4.78, 5) is 42.6. The molecule has 3 heterocycles. The zero-order valence-corrected chi connectivity index (χ0v) is 18.7. The molecule has 0 aliphatic carbocycles. The Balaban J connectivity index is 1.46. The van der Waals surface area contributed by atoms with E-state index in [1.165, 1.54) is 28.2 Å². The molecule has 4 unspecified atom stereocenters. The summed E-state index contributed by atoms with van der Waals surface area (Å²) in [6.07, 6.45) is -1.09. The van der Waals surface area contributed by atoms with Gasteiger partial charge in [0, 0.05) is 4.88 Å². The fourth-order valence-electron chi connectivity index (χ4n) is 4.52. The second-order valence-electron chi connectivity index (χ2n) is 7.93. The topological polar surface area (TPSA) is 76.2 Å². The summed E-state index contributed by atoms with van der Waals surface area (Å²) < 4.78 is 10.8. The number of nitrogens with zero attached hydrogens (tertiary/aromatic N) is 2. The summed E-state index contributed by atoms with van der Waals surface area (Å²) in [5.74, 6) is -0.805. The summed E-state index contributed by atoms with van der Waals surface area (Å²) in [6.45, 7) is 0.219. The first-order valence-electron chi connectivity index (χ1n) is 10.6. The predicted octanol–water partition coefficient (Wildman–Crippen LogP) is 4.11. The van der Waals surface area contributed by atoms with Crippen molar-refractivity contribution >= 4 is 29.3 Å². The lowest BCUT2D eigenvalue weighted by molar-refractivity contribution is -0.164. The number of hydrogen-bond acceptors (Lipinski definition) is 6. The highest BCUT2D eigenvalue weighted by Gasteiger charge is 2.55. The van der Waals surface area contributed by atoms with E-state index in [9.17, 15) is 14.4 Å². The van der Waals surface area contributed by atoms with Crippen molar-refractivity contribution in [3.63, 3.8) is 0 Å². The van der Waals surface area contributed by atoms with E-state index in [0.717, 1.165) is 16.0 Å². The van der Waals surface area contributed by atoms with Gasteiger partial charge in [-0.25, -0.2) is 9.59 Å². The van der Waals surface area contributed by atoms with Crippen LogP contribution in [0.25, 0.3) is 0 Å². The maximum atomic E-state index is 13.3. The Morgan fingerprint density at radius 3 is 2.24 bits per heavy atom. The van der Waals surface area contributed by atoms with E-state index in [1.807, 2.05) is 72.1 Å². The van der Waals surface area contributed by atoms with Crippen molar-refractivity contribution in [3.05, 3.63) is 94.2 Å². The Kier molecular flexibility index (Phi) is 5.60. The van der Waals surface area contributed by atoms with Gasteiger partial charge >= 0.3 is 12.1 Å². The molecular weight excluding hydrogens is 440 g/mol. The molecule has 0 bridgehead atoms. The van der Waals surface area contributed by atoms with Gasteiger partial charge in [-0.05, 0) is 22.6 Å². The minimum absolute atomic E-state index is 0.219. The number of likely N-dealkylation sites (tertiary alicyclic amines) is 1. The first kappa shape index (κ1) is 21.2. The summed E-state index contributed by atoms with van der Waals surface area (Å²) in [6, 6.07) is 20.7. The summed E-state index contributed by atoms with van der Waals surface area (Å²) in [7, 11) is 1.30. The van der Waals surface area contributed by atoms with Crippen molar-refractivity contribution in [2.24, 2.45) is 0 Å². The summed E-state index contributed by atoms with van der Waals surface area (Å²) >= 11 is 1.38. The molecule has 2 saturated heterocycles. The van der Waals surface area contributed by atoms with Gasteiger partial charge in [0.15, 0.2) is 12.1 Å². The number of cyclic esters (lactones) is 1. The zero-order valence-electron chi connectivity index (χ0n) is 17.9. The number of carbonyl (C=O) groups is 3. The fourth-order valence-corrected chi connectivity index (χ4v) is 5.35. The molecule has 3 aromatic rings. The van der Waals surface area contributed by atoms with Crippen molar-refractivity contribution in [1.29, 1.82) is 0 Å². The quantitative estimate of drug-likeness (QED) is 0.407. The standard InChI is InChI=1S/C25H22N2O5S/c1-31-24(29)21(19-13-8-14-33-19)26-15-18(23(26)28)27-20(16-9-4-2-5-10-16)22(32-25(27)30)17-11-6-3-7-12-17/h2-14,18,20-22H,15H2,1H3. The summed E-state index contributed by atoms with van der Waals surface area (Å²) in [5, 5.41) is 1.85. The predicted molar refractivity (Wildman–Crippen MR) is 121 cm³/mol. The average molecular weight is 463 g/mol. The molecule has 0 spiro atoms. The molecule has 5 rings (SSSR count). The van der Waals surface area contributed by atoms with Crippen molar-refractivity contribution < 1.29 is 23.9 Å². The molecule has 2 aliphatic heterocycles. The van der Waals surface area contributed by atoms with Gasteiger partial charge < -0.3 is 14.4 Å². The Morgan fingerprint density at radius 1 is 1.00 bits per heavy atom. The third-order valence-corrected chi connectivity index (χ3v) is 7.04. The van der Waals surface area contributed by atoms with Crippen molar-refractivity contribution in [1.82, 2.24) is 9.80 Å². The number of esters is 1. The first-order valence-corrected chi connectivity index (χ1v) is 11.5. The normalized spacial score (nSPS) is 23.1. The van der Waals surface area contributed by atoms with Crippen LogP contribution in [0.5, 0.6) is 0 Å². The van der Waals surface area contributed by atoms with Crippen LogP contribution in [0.1, 0.15) is 34.2 Å². The van der Waals surface area contributed by atoms with Gasteiger partial charge in [0.2, 0.25) is 5.91 Å². The fraction of sp³-hybridized carbons (Fsp3) is 0.240. The number of thiophene rings is 1. The number of rotatable bonds is 6. The molecule has 2 fully saturated rings. The van der Waals surface area contributed by atoms with Crippen LogP contribution in [0.3, 0.4) is 0 Å². The minimum atomic E-state index is -0.822. The molecule has 33 heavy (non-hydrogen) atoms. The van der Waals surface area contributed by atoms with E-state index in [1.54, 1.807) is 6.07 Å². The van der Waals surface area contributed by atoms with E-state index < -0.39 is 36.3 Å². The van der Waals surface area contributed by atoms with Gasteiger partial charge in [0.05, 0.1) is 13.7 Å². The first-order chi connectivity index (χ1) is 16.1. The van der Waals surface area contributed by atoms with Crippen LogP contribution >= 0.6 is 11.3 Å². The second-order valence-corrected chi connectivity index (χ2v) is 8.90. The molecule has 1 aromatic heterocycles. The van der Waals surface area contributed by atoms with Gasteiger partial charge in [-0.3, -0.25) is 9.69 Å². The number of hydrogen-bond donors (Lipinski definition) is 0. The Labute approximate surface area is 195 Å². The molecule has 4 atom stereocenters. The van der Waals surface area contributed by atoms with E-state index >= 15 is 0 Å². The van der Waals surface area contributed by atoms with Crippen LogP contribution in [0.2, 0.25) is 0 Å². The molecule has 0 radical (unpaired) electrons. The van der Waals surface area contributed by atoms with E-state index in [0.29, 0.717) is 0 Å². The van der Waals surface area contributed by atoms with E-state index in [4.69, 9.17) is 9.47 Å². The summed E-state index contributed by atoms with van der Waals surface area (Å²) in [5.41, 5.74) is 1.74. The number of carbonyl (C=O) groups excluding carboxylic acids is 3. The number of methoxy groups -OCH3 is 1.